The fraction of sp³-hybridized carbons (Fsp3) is 0.636. The summed E-state index contributed by atoms with van der Waals surface area (Å²) < 4.78 is 4.91. The average molecular weight is 226 g/mol. The Bertz CT molecular complexity index is 347. The van der Waals surface area contributed by atoms with Gasteiger partial charge in [-0.25, -0.2) is 4.79 Å². The summed E-state index contributed by atoms with van der Waals surface area (Å²) >= 11 is 0. The highest BCUT2D eigenvalue weighted by atomic mass is 16.5. The van der Waals surface area contributed by atoms with Gasteiger partial charge in [-0.05, 0) is 12.3 Å². The van der Waals surface area contributed by atoms with Crippen LogP contribution in [-0.2, 0) is 6.54 Å². The van der Waals surface area contributed by atoms with Crippen molar-refractivity contribution in [2.45, 2.75) is 39.8 Å². The first-order valence-electron chi connectivity index (χ1n) is 5.46. The summed E-state index contributed by atoms with van der Waals surface area (Å²) in [5.41, 5.74) is -0.0469. The number of carbonyl (C=O) groups is 1. The summed E-state index contributed by atoms with van der Waals surface area (Å²) in [6.07, 6.45) is 1.03. The van der Waals surface area contributed by atoms with Crippen LogP contribution in [0.25, 0.3) is 0 Å². The number of nitrogens with zero attached hydrogens (tertiary/aromatic N) is 1. The van der Waals surface area contributed by atoms with Gasteiger partial charge in [0.25, 0.3) is 0 Å². The van der Waals surface area contributed by atoms with E-state index in [-0.39, 0.29) is 5.69 Å². The molecule has 1 aromatic rings. The predicted octanol–water partition coefficient (Wildman–Crippen LogP) is 1.90. The van der Waals surface area contributed by atoms with E-state index in [9.17, 15) is 4.79 Å². The van der Waals surface area contributed by atoms with E-state index >= 15 is 0 Å². The molecule has 1 heterocycles. The quantitative estimate of drug-likeness (QED) is 0.774. The van der Waals surface area contributed by atoms with Crippen LogP contribution in [0.3, 0.4) is 0 Å². The van der Waals surface area contributed by atoms with Crippen LogP contribution >= 0.6 is 0 Å². The molecule has 90 valence electrons. The van der Waals surface area contributed by atoms with Gasteiger partial charge in [-0.1, -0.05) is 25.9 Å². The largest absolute Gasteiger partial charge is 0.476 e. The van der Waals surface area contributed by atoms with Crippen LogP contribution in [0.5, 0.6) is 0 Å². The Balaban J connectivity index is 2.50. The van der Waals surface area contributed by atoms with E-state index in [1.54, 1.807) is 0 Å². The number of rotatable bonds is 6. The van der Waals surface area contributed by atoms with Crippen molar-refractivity contribution in [3.8, 4) is 0 Å². The average Bonchev–Trinajstić information content (AvgIpc) is 2.67. The predicted molar refractivity (Wildman–Crippen MR) is 59.2 cm³/mol. The number of aromatic nitrogens is 1. The molecule has 0 aromatic carbocycles. The molecule has 0 saturated carbocycles. The van der Waals surface area contributed by atoms with Gasteiger partial charge in [0.1, 0.15) is 0 Å². The zero-order valence-electron chi connectivity index (χ0n) is 9.86. The van der Waals surface area contributed by atoms with E-state index in [1.807, 2.05) is 0 Å². The second-order valence-corrected chi connectivity index (χ2v) is 4.12. The summed E-state index contributed by atoms with van der Waals surface area (Å²) in [4.78, 5) is 10.6. The fourth-order valence-electron chi connectivity index (χ4n) is 1.58. The Hall–Kier alpha value is -1.36. The zero-order valence-corrected chi connectivity index (χ0v) is 9.86. The summed E-state index contributed by atoms with van der Waals surface area (Å²) in [6, 6.07) is 1.85. The second-order valence-electron chi connectivity index (χ2n) is 4.12. The summed E-state index contributed by atoms with van der Waals surface area (Å²) in [5.74, 6) is 0.0225. The minimum Gasteiger partial charge on any atom is -0.476 e. The van der Waals surface area contributed by atoms with Crippen LogP contribution in [0.4, 0.5) is 0 Å². The van der Waals surface area contributed by atoms with Crippen molar-refractivity contribution in [2.75, 3.05) is 0 Å². The van der Waals surface area contributed by atoms with Crippen molar-refractivity contribution in [1.82, 2.24) is 10.5 Å². The molecule has 0 bridgehead atoms. The summed E-state index contributed by atoms with van der Waals surface area (Å²) in [5, 5.41) is 15.4. The third kappa shape index (κ3) is 3.34. The first-order valence-corrected chi connectivity index (χ1v) is 5.46. The van der Waals surface area contributed by atoms with Crippen molar-refractivity contribution < 1.29 is 14.4 Å². The molecule has 1 unspecified atom stereocenters. The molecule has 0 spiro atoms. The Morgan fingerprint density at radius 3 is 2.75 bits per heavy atom. The molecule has 1 atom stereocenters. The third-order valence-electron chi connectivity index (χ3n) is 2.56. The molecule has 0 amide bonds. The number of hydrogen-bond acceptors (Lipinski definition) is 4. The van der Waals surface area contributed by atoms with Crippen molar-refractivity contribution >= 4 is 5.97 Å². The van der Waals surface area contributed by atoms with Gasteiger partial charge in [0.05, 0.1) is 6.54 Å². The molecule has 0 aliphatic rings. The minimum atomic E-state index is -1.06. The van der Waals surface area contributed by atoms with Gasteiger partial charge in [0.15, 0.2) is 11.5 Å². The van der Waals surface area contributed by atoms with E-state index < -0.39 is 5.97 Å². The van der Waals surface area contributed by atoms with Crippen LogP contribution in [0.15, 0.2) is 10.6 Å². The van der Waals surface area contributed by atoms with Gasteiger partial charge in [0.2, 0.25) is 0 Å². The smallest absolute Gasteiger partial charge is 0.358 e. The highest BCUT2D eigenvalue weighted by Gasteiger charge is 2.13. The van der Waals surface area contributed by atoms with Crippen LogP contribution in [0.1, 0.15) is 43.4 Å². The van der Waals surface area contributed by atoms with Gasteiger partial charge in [0, 0.05) is 12.1 Å². The number of carboxylic acids is 1. The second kappa shape index (κ2) is 5.65. The molecule has 0 fully saturated rings. The zero-order chi connectivity index (χ0) is 12.1. The van der Waals surface area contributed by atoms with E-state index in [0.717, 1.165) is 6.42 Å². The first kappa shape index (κ1) is 12.7. The maximum Gasteiger partial charge on any atom is 0.358 e. The summed E-state index contributed by atoms with van der Waals surface area (Å²) in [6.45, 7) is 6.91. The van der Waals surface area contributed by atoms with Crippen LogP contribution in [-0.4, -0.2) is 22.3 Å². The number of carboxylic acid groups (broad SMARTS) is 1. The van der Waals surface area contributed by atoms with Crippen molar-refractivity contribution in [3.63, 3.8) is 0 Å². The number of hydrogen-bond donors (Lipinski definition) is 2. The molecule has 2 N–H and O–H groups in total. The lowest BCUT2D eigenvalue weighted by atomic mass is 10.0. The van der Waals surface area contributed by atoms with Gasteiger partial charge >= 0.3 is 5.97 Å². The molecule has 0 radical (unpaired) electrons. The lowest BCUT2D eigenvalue weighted by Gasteiger charge is -2.19. The molecule has 1 aromatic heterocycles. The molecule has 0 saturated heterocycles. The first-order chi connectivity index (χ1) is 7.54. The topological polar surface area (TPSA) is 75.4 Å². The Labute approximate surface area is 94.8 Å². The maximum absolute atomic E-state index is 10.6. The Morgan fingerprint density at radius 2 is 2.31 bits per heavy atom. The SMILES string of the molecule is CCC(NCc1cc(C(=O)O)no1)C(C)C. The van der Waals surface area contributed by atoms with E-state index in [1.165, 1.54) is 6.07 Å². The highest BCUT2D eigenvalue weighted by molar-refractivity contribution is 5.85. The summed E-state index contributed by atoms with van der Waals surface area (Å²) in [7, 11) is 0. The molecule has 1 rings (SSSR count). The maximum atomic E-state index is 10.6. The molecule has 5 nitrogen and oxygen atoms in total. The van der Waals surface area contributed by atoms with E-state index in [4.69, 9.17) is 9.63 Å². The molecule has 16 heavy (non-hydrogen) atoms. The van der Waals surface area contributed by atoms with Crippen LogP contribution < -0.4 is 5.32 Å². The fourth-order valence-corrected chi connectivity index (χ4v) is 1.58. The molecular formula is C11H18N2O3. The monoisotopic (exact) mass is 226 g/mol. The molecule has 0 aliphatic heterocycles. The van der Waals surface area contributed by atoms with Crippen molar-refractivity contribution in [2.24, 2.45) is 5.92 Å². The normalized spacial score (nSPS) is 13.0. The van der Waals surface area contributed by atoms with E-state index in [2.05, 4.69) is 31.2 Å². The van der Waals surface area contributed by atoms with Gasteiger partial charge in [-0.15, -0.1) is 0 Å². The molecular weight excluding hydrogens is 208 g/mol. The highest BCUT2D eigenvalue weighted by Crippen LogP contribution is 2.08. The molecule has 5 heteroatoms. The lowest BCUT2D eigenvalue weighted by Crippen LogP contribution is -2.32. The van der Waals surface area contributed by atoms with Crippen molar-refractivity contribution in [1.29, 1.82) is 0 Å². The van der Waals surface area contributed by atoms with Crippen LogP contribution in [0.2, 0.25) is 0 Å². The third-order valence-corrected chi connectivity index (χ3v) is 2.56. The Kier molecular flexibility index (Phi) is 4.49. The standard InChI is InChI=1S/C11H18N2O3/c1-4-9(7(2)3)12-6-8-5-10(11(14)15)13-16-8/h5,7,9,12H,4,6H2,1-3H3,(H,14,15). The number of aromatic carboxylic acids is 1. The van der Waals surface area contributed by atoms with Gasteiger partial charge in [-0.2, -0.15) is 0 Å². The minimum absolute atomic E-state index is 0.0469. The van der Waals surface area contributed by atoms with Gasteiger partial charge < -0.3 is 14.9 Å². The van der Waals surface area contributed by atoms with Crippen molar-refractivity contribution in [3.05, 3.63) is 17.5 Å². The lowest BCUT2D eigenvalue weighted by molar-refractivity contribution is 0.0685. The van der Waals surface area contributed by atoms with Crippen LogP contribution in [0, 0.1) is 5.92 Å². The molecule has 0 aliphatic carbocycles. The van der Waals surface area contributed by atoms with Gasteiger partial charge in [-0.3, -0.25) is 0 Å². The Morgan fingerprint density at radius 1 is 1.62 bits per heavy atom. The number of nitrogens with one attached hydrogen (secondary N) is 1. The van der Waals surface area contributed by atoms with E-state index in [0.29, 0.717) is 24.3 Å².